The van der Waals surface area contributed by atoms with Gasteiger partial charge in [0.1, 0.15) is 6.61 Å². The van der Waals surface area contributed by atoms with Crippen LogP contribution in [0.2, 0.25) is 0 Å². The summed E-state index contributed by atoms with van der Waals surface area (Å²) < 4.78 is 0. The third kappa shape index (κ3) is 1.29. The largest absolute Gasteiger partial charge is 0.387 e. The average molecular weight is 143 g/mol. The van der Waals surface area contributed by atoms with Crippen LogP contribution in [-0.4, -0.2) is 35.1 Å². The smallest absolute Gasteiger partial charge is 0.248 e. The van der Waals surface area contributed by atoms with Crippen molar-refractivity contribution in [3.63, 3.8) is 0 Å². The van der Waals surface area contributed by atoms with Crippen LogP contribution in [0.1, 0.15) is 19.8 Å². The molecule has 0 aromatic heterocycles. The van der Waals surface area contributed by atoms with Crippen molar-refractivity contribution in [2.75, 3.05) is 13.2 Å². The minimum absolute atomic E-state index is 0.134. The molecule has 1 fully saturated rings. The predicted molar refractivity (Wildman–Crippen MR) is 37.5 cm³/mol. The number of hydrogen-bond donors (Lipinski definition) is 1. The Hall–Kier alpha value is -0.570. The van der Waals surface area contributed by atoms with Crippen molar-refractivity contribution < 1.29 is 9.90 Å². The van der Waals surface area contributed by atoms with Crippen LogP contribution in [0.25, 0.3) is 0 Å². The molecule has 0 saturated carbocycles. The van der Waals surface area contributed by atoms with Crippen molar-refractivity contribution in [1.82, 2.24) is 4.90 Å². The van der Waals surface area contributed by atoms with Crippen molar-refractivity contribution >= 4 is 5.91 Å². The summed E-state index contributed by atoms with van der Waals surface area (Å²) in [6, 6.07) is 0.333. The molecule has 3 nitrogen and oxygen atoms in total. The molecule has 0 radical (unpaired) electrons. The topological polar surface area (TPSA) is 40.5 Å². The van der Waals surface area contributed by atoms with Crippen LogP contribution in [-0.2, 0) is 4.79 Å². The van der Waals surface area contributed by atoms with Gasteiger partial charge in [0.2, 0.25) is 5.91 Å². The normalized spacial score (nSPS) is 25.4. The van der Waals surface area contributed by atoms with Crippen molar-refractivity contribution in [2.24, 2.45) is 0 Å². The van der Waals surface area contributed by atoms with Crippen LogP contribution >= 0.6 is 0 Å². The lowest BCUT2D eigenvalue weighted by molar-refractivity contribution is -0.134. The van der Waals surface area contributed by atoms with Gasteiger partial charge in [-0.05, 0) is 19.8 Å². The summed E-state index contributed by atoms with van der Waals surface area (Å²) in [5.74, 6) is -0.134. The molecule has 0 spiro atoms. The minimum atomic E-state index is -0.343. The van der Waals surface area contributed by atoms with Gasteiger partial charge in [0.15, 0.2) is 0 Å². The molecule has 3 heteroatoms. The van der Waals surface area contributed by atoms with E-state index in [-0.39, 0.29) is 12.5 Å². The fraction of sp³-hybridized carbons (Fsp3) is 0.857. The first kappa shape index (κ1) is 7.54. The Kier molecular flexibility index (Phi) is 2.27. The number of rotatable bonds is 1. The number of amides is 1. The van der Waals surface area contributed by atoms with Gasteiger partial charge in [-0.15, -0.1) is 0 Å². The molecule has 10 heavy (non-hydrogen) atoms. The zero-order chi connectivity index (χ0) is 7.56. The molecular formula is C7H13NO2. The molecule has 1 saturated heterocycles. The second kappa shape index (κ2) is 3.01. The van der Waals surface area contributed by atoms with Crippen LogP contribution in [0.15, 0.2) is 0 Å². The molecule has 1 rings (SSSR count). The number of nitrogens with zero attached hydrogens (tertiary/aromatic N) is 1. The predicted octanol–water partition coefficient (Wildman–Crippen LogP) is -0.0104. The summed E-state index contributed by atoms with van der Waals surface area (Å²) >= 11 is 0. The van der Waals surface area contributed by atoms with Gasteiger partial charge < -0.3 is 10.0 Å². The Morgan fingerprint density at radius 1 is 1.80 bits per heavy atom. The molecule has 0 aliphatic carbocycles. The molecule has 1 unspecified atom stereocenters. The van der Waals surface area contributed by atoms with Gasteiger partial charge in [0.25, 0.3) is 0 Å². The van der Waals surface area contributed by atoms with Crippen LogP contribution < -0.4 is 0 Å². The lowest BCUT2D eigenvalue weighted by Crippen LogP contribution is -2.35. The molecule has 1 atom stereocenters. The van der Waals surface area contributed by atoms with Crippen LogP contribution in [0.3, 0.4) is 0 Å². The van der Waals surface area contributed by atoms with E-state index in [2.05, 4.69) is 0 Å². The fourth-order valence-corrected chi connectivity index (χ4v) is 1.39. The van der Waals surface area contributed by atoms with Gasteiger partial charge >= 0.3 is 0 Å². The first-order valence-corrected chi connectivity index (χ1v) is 3.66. The van der Waals surface area contributed by atoms with Crippen molar-refractivity contribution in [2.45, 2.75) is 25.8 Å². The van der Waals surface area contributed by atoms with Gasteiger partial charge in [-0.2, -0.15) is 0 Å². The average Bonchev–Trinajstić information content (AvgIpc) is 2.34. The molecule has 58 valence electrons. The summed E-state index contributed by atoms with van der Waals surface area (Å²) in [7, 11) is 0. The van der Waals surface area contributed by atoms with E-state index in [4.69, 9.17) is 5.11 Å². The molecule has 1 aliphatic heterocycles. The van der Waals surface area contributed by atoms with Crippen LogP contribution in [0.5, 0.6) is 0 Å². The maximum Gasteiger partial charge on any atom is 0.248 e. The zero-order valence-corrected chi connectivity index (χ0v) is 6.21. The summed E-state index contributed by atoms with van der Waals surface area (Å²) in [6.07, 6.45) is 2.15. The Bertz CT molecular complexity index is 136. The van der Waals surface area contributed by atoms with E-state index in [1.54, 1.807) is 4.90 Å². The highest BCUT2D eigenvalue weighted by Gasteiger charge is 2.23. The van der Waals surface area contributed by atoms with Gasteiger partial charge in [-0.1, -0.05) is 0 Å². The highest BCUT2D eigenvalue weighted by atomic mass is 16.3. The number of hydrogen-bond acceptors (Lipinski definition) is 2. The van der Waals surface area contributed by atoms with E-state index in [0.717, 1.165) is 19.4 Å². The van der Waals surface area contributed by atoms with Crippen LogP contribution in [0, 0.1) is 0 Å². The minimum Gasteiger partial charge on any atom is -0.387 e. The molecule has 0 bridgehead atoms. The second-order valence-electron chi connectivity index (χ2n) is 2.74. The molecule has 1 amide bonds. The summed E-state index contributed by atoms with van der Waals surface area (Å²) in [6.45, 7) is 2.49. The monoisotopic (exact) mass is 143 g/mol. The first-order valence-electron chi connectivity index (χ1n) is 3.66. The first-order chi connectivity index (χ1) is 4.75. The van der Waals surface area contributed by atoms with Gasteiger partial charge in [-0.25, -0.2) is 0 Å². The van der Waals surface area contributed by atoms with Crippen molar-refractivity contribution in [3.05, 3.63) is 0 Å². The van der Waals surface area contributed by atoms with E-state index in [0.29, 0.717) is 6.04 Å². The van der Waals surface area contributed by atoms with E-state index >= 15 is 0 Å². The van der Waals surface area contributed by atoms with E-state index in [9.17, 15) is 4.79 Å². The maximum absolute atomic E-state index is 10.9. The molecule has 1 N–H and O–H groups in total. The lowest BCUT2D eigenvalue weighted by atomic mass is 10.2. The third-order valence-corrected chi connectivity index (χ3v) is 2.01. The number of aliphatic hydroxyl groups excluding tert-OH is 1. The summed E-state index contributed by atoms with van der Waals surface area (Å²) in [5, 5.41) is 8.52. The maximum atomic E-state index is 10.9. The van der Waals surface area contributed by atoms with E-state index in [1.165, 1.54) is 0 Å². The Labute approximate surface area is 60.6 Å². The van der Waals surface area contributed by atoms with Crippen LogP contribution in [0.4, 0.5) is 0 Å². The Balaban J connectivity index is 2.46. The van der Waals surface area contributed by atoms with Crippen molar-refractivity contribution in [3.8, 4) is 0 Å². The third-order valence-electron chi connectivity index (χ3n) is 2.01. The fourth-order valence-electron chi connectivity index (χ4n) is 1.39. The molecule has 1 aliphatic rings. The highest BCUT2D eigenvalue weighted by molar-refractivity contribution is 5.77. The Morgan fingerprint density at radius 2 is 2.50 bits per heavy atom. The summed E-state index contributed by atoms with van der Waals surface area (Å²) in [5.41, 5.74) is 0. The SMILES string of the molecule is CC1CCCN1C(=O)CO. The number of carbonyl (C=O) groups excluding carboxylic acids is 1. The zero-order valence-electron chi connectivity index (χ0n) is 6.21. The quantitative estimate of drug-likeness (QED) is 0.561. The lowest BCUT2D eigenvalue weighted by Gasteiger charge is -2.19. The van der Waals surface area contributed by atoms with Crippen molar-refractivity contribution in [1.29, 1.82) is 0 Å². The highest BCUT2D eigenvalue weighted by Crippen LogP contribution is 2.15. The number of aliphatic hydroxyl groups is 1. The standard InChI is InChI=1S/C7H13NO2/c1-6-3-2-4-8(6)7(10)5-9/h6,9H,2-5H2,1H3. The van der Waals surface area contributed by atoms with E-state index < -0.39 is 0 Å². The van der Waals surface area contributed by atoms with Gasteiger partial charge in [0, 0.05) is 12.6 Å². The van der Waals surface area contributed by atoms with E-state index in [1.807, 2.05) is 6.92 Å². The number of likely N-dealkylation sites (tertiary alicyclic amines) is 1. The van der Waals surface area contributed by atoms with Gasteiger partial charge in [-0.3, -0.25) is 4.79 Å². The summed E-state index contributed by atoms with van der Waals surface area (Å²) in [4.78, 5) is 12.6. The molecule has 0 aromatic carbocycles. The van der Waals surface area contributed by atoms with Gasteiger partial charge in [0.05, 0.1) is 0 Å². The molecule has 0 aromatic rings. The molecule has 1 heterocycles. The Morgan fingerprint density at radius 3 is 2.90 bits per heavy atom. The molecular weight excluding hydrogens is 130 g/mol. The number of carbonyl (C=O) groups is 1. The second-order valence-corrected chi connectivity index (χ2v) is 2.74.